The highest BCUT2D eigenvalue weighted by atomic mass is 32.2. The van der Waals surface area contributed by atoms with Crippen LogP contribution in [0, 0.1) is 0 Å². The maximum atomic E-state index is 11.4. The maximum absolute atomic E-state index is 11.4. The monoisotopic (exact) mass is 213 g/mol. The average Bonchev–Trinajstić information content (AvgIpc) is 2.64. The molecule has 0 aromatic carbocycles. The van der Waals surface area contributed by atoms with Gasteiger partial charge in [-0.15, -0.1) is 0 Å². The number of aromatic amines is 1. The third kappa shape index (κ3) is 1.57. The molecule has 0 spiro atoms. The summed E-state index contributed by atoms with van der Waals surface area (Å²) in [6.45, 7) is 0. The fourth-order valence-corrected chi connectivity index (χ4v) is 2.72. The standard InChI is InChI=1S/C8H11N3O2S/c9-6-3-11(5-1-2-14-4-5)8(13)10-7(6)12/h3,5H,1-2,4,9H2,(H,10,12,13). The summed E-state index contributed by atoms with van der Waals surface area (Å²) in [5.41, 5.74) is 4.68. The van der Waals surface area contributed by atoms with Crippen LogP contribution in [0.25, 0.3) is 0 Å². The number of nitrogen functional groups attached to an aromatic ring is 1. The van der Waals surface area contributed by atoms with Crippen LogP contribution in [0.1, 0.15) is 12.5 Å². The summed E-state index contributed by atoms with van der Waals surface area (Å²) in [5, 5.41) is 0. The van der Waals surface area contributed by atoms with Gasteiger partial charge in [-0.3, -0.25) is 14.3 Å². The van der Waals surface area contributed by atoms with Crippen LogP contribution in [0.4, 0.5) is 5.69 Å². The Morgan fingerprint density at radius 3 is 3.00 bits per heavy atom. The second-order valence-corrected chi connectivity index (χ2v) is 4.42. The molecule has 1 aromatic heterocycles. The Labute approximate surface area is 84.3 Å². The number of nitrogens with two attached hydrogens (primary N) is 1. The van der Waals surface area contributed by atoms with Crippen LogP contribution in [0.3, 0.4) is 0 Å². The molecule has 1 saturated heterocycles. The quantitative estimate of drug-likeness (QED) is 0.676. The zero-order valence-electron chi connectivity index (χ0n) is 7.53. The number of hydrogen-bond donors (Lipinski definition) is 2. The Hall–Kier alpha value is -1.17. The zero-order valence-corrected chi connectivity index (χ0v) is 8.34. The van der Waals surface area contributed by atoms with E-state index in [9.17, 15) is 9.59 Å². The summed E-state index contributed by atoms with van der Waals surface area (Å²) in [6, 6.07) is 0.173. The molecule has 1 atom stereocenters. The van der Waals surface area contributed by atoms with Gasteiger partial charge in [0.2, 0.25) is 0 Å². The molecular formula is C8H11N3O2S. The molecule has 0 saturated carbocycles. The van der Waals surface area contributed by atoms with Gasteiger partial charge in [-0.2, -0.15) is 11.8 Å². The SMILES string of the molecule is Nc1cn(C2CCSC2)c(=O)[nH]c1=O. The molecule has 1 aliphatic heterocycles. The average molecular weight is 213 g/mol. The summed E-state index contributed by atoms with van der Waals surface area (Å²) in [4.78, 5) is 24.6. The van der Waals surface area contributed by atoms with Gasteiger partial charge in [0.1, 0.15) is 5.69 Å². The van der Waals surface area contributed by atoms with Crippen LogP contribution in [0.2, 0.25) is 0 Å². The fraction of sp³-hybridized carbons (Fsp3) is 0.500. The van der Waals surface area contributed by atoms with E-state index in [4.69, 9.17) is 5.73 Å². The second kappa shape index (κ2) is 3.53. The normalized spacial score (nSPS) is 21.3. The zero-order chi connectivity index (χ0) is 10.1. The van der Waals surface area contributed by atoms with Gasteiger partial charge in [-0.25, -0.2) is 4.79 Å². The summed E-state index contributed by atoms with van der Waals surface area (Å²) < 4.78 is 1.52. The summed E-state index contributed by atoms with van der Waals surface area (Å²) in [6.07, 6.45) is 2.40. The molecule has 2 rings (SSSR count). The highest BCUT2D eigenvalue weighted by Gasteiger charge is 2.18. The lowest BCUT2D eigenvalue weighted by Gasteiger charge is -2.11. The Morgan fingerprint density at radius 2 is 2.36 bits per heavy atom. The molecule has 1 aliphatic rings. The minimum absolute atomic E-state index is 0.0986. The number of nitrogens with zero attached hydrogens (tertiary/aromatic N) is 1. The van der Waals surface area contributed by atoms with Gasteiger partial charge in [0.05, 0.1) is 0 Å². The maximum Gasteiger partial charge on any atom is 0.328 e. The molecule has 76 valence electrons. The molecule has 1 aromatic rings. The van der Waals surface area contributed by atoms with Crippen LogP contribution < -0.4 is 17.0 Å². The van der Waals surface area contributed by atoms with E-state index in [0.29, 0.717) is 0 Å². The topological polar surface area (TPSA) is 80.9 Å². The van der Waals surface area contributed by atoms with Crippen LogP contribution in [0.15, 0.2) is 15.8 Å². The predicted molar refractivity (Wildman–Crippen MR) is 56.7 cm³/mol. The van der Waals surface area contributed by atoms with Crippen molar-refractivity contribution >= 4 is 17.4 Å². The minimum Gasteiger partial charge on any atom is -0.393 e. The van der Waals surface area contributed by atoms with Crippen LogP contribution in [-0.2, 0) is 0 Å². The van der Waals surface area contributed by atoms with Crippen LogP contribution in [0.5, 0.6) is 0 Å². The summed E-state index contributed by atoms with van der Waals surface area (Å²) in [5.74, 6) is 1.96. The molecule has 0 bridgehead atoms. The number of rotatable bonds is 1. The molecule has 0 amide bonds. The Bertz CT molecular complexity index is 445. The molecule has 1 unspecified atom stereocenters. The smallest absolute Gasteiger partial charge is 0.328 e. The first-order chi connectivity index (χ1) is 6.68. The number of nitrogens with one attached hydrogen (secondary N) is 1. The minimum atomic E-state index is -0.503. The summed E-state index contributed by atoms with van der Waals surface area (Å²) >= 11 is 1.80. The first-order valence-corrected chi connectivity index (χ1v) is 5.52. The van der Waals surface area contributed by atoms with Crippen LogP contribution in [-0.4, -0.2) is 21.1 Å². The van der Waals surface area contributed by atoms with E-state index in [2.05, 4.69) is 4.98 Å². The Balaban J connectivity index is 2.47. The van der Waals surface area contributed by atoms with E-state index in [1.54, 1.807) is 11.8 Å². The predicted octanol–water partition coefficient (Wildman–Crippen LogP) is -0.203. The van der Waals surface area contributed by atoms with Crippen molar-refractivity contribution in [3.8, 4) is 0 Å². The van der Waals surface area contributed by atoms with Gasteiger partial charge >= 0.3 is 5.69 Å². The molecule has 5 nitrogen and oxygen atoms in total. The van der Waals surface area contributed by atoms with Gasteiger partial charge in [-0.05, 0) is 12.2 Å². The van der Waals surface area contributed by atoms with Crippen molar-refractivity contribution in [2.75, 3.05) is 17.2 Å². The lowest BCUT2D eigenvalue weighted by Crippen LogP contribution is -2.33. The van der Waals surface area contributed by atoms with Crippen molar-refractivity contribution < 1.29 is 0 Å². The van der Waals surface area contributed by atoms with Gasteiger partial charge < -0.3 is 5.73 Å². The van der Waals surface area contributed by atoms with E-state index in [1.165, 1.54) is 10.8 Å². The fourth-order valence-electron chi connectivity index (χ4n) is 1.51. The number of thioether (sulfide) groups is 1. The molecule has 14 heavy (non-hydrogen) atoms. The molecule has 2 heterocycles. The Morgan fingerprint density at radius 1 is 1.57 bits per heavy atom. The lowest BCUT2D eigenvalue weighted by molar-refractivity contribution is 0.529. The summed E-state index contributed by atoms with van der Waals surface area (Å²) in [7, 11) is 0. The highest BCUT2D eigenvalue weighted by Crippen LogP contribution is 2.26. The van der Waals surface area contributed by atoms with E-state index < -0.39 is 5.56 Å². The van der Waals surface area contributed by atoms with Crippen molar-refractivity contribution in [3.63, 3.8) is 0 Å². The molecule has 3 N–H and O–H groups in total. The first-order valence-electron chi connectivity index (χ1n) is 4.37. The van der Waals surface area contributed by atoms with E-state index >= 15 is 0 Å². The van der Waals surface area contributed by atoms with Crippen molar-refractivity contribution in [3.05, 3.63) is 27.0 Å². The molecular weight excluding hydrogens is 202 g/mol. The van der Waals surface area contributed by atoms with Gasteiger partial charge in [0.25, 0.3) is 5.56 Å². The Kier molecular flexibility index (Phi) is 2.37. The lowest BCUT2D eigenvalue weighted by atomic mass is 10.2. The van der Waals surface area contributed by atoms with Crippen molar-refractivity contribution in [1.82, 2.24) is 9.55 Å². The van der Waals surface area contributed by atoms with Gasteiger partial charge in [0.15, 0.2) is 0 Å². The number of H-pyrrole nitrogens is 1. The van der Waals surface area contributed by atoms with E-state index in [-0.39, 0.29) is 17.4 Å². The number of anilines is 1. The third-order valence-electron chi connectivity index (χ3n) is 2.29. The first kappa shape index (κ1) is 9.39. The van der Waals surface area contributed by atoms with E-state index in [1.807, 2.05) is 0 Å². The third-order valence-corrected chi connectivity index (χ3v) is 3.44. The molecule has 6 heteroatoms. The highest BCUT2D eigenvalue weighted by molar-refractivity contribution is 7.99. The number of aromatic nitrogens is 2. The molecule has 0 radical (unpaired) electrons. The van der Waals surface area contributed by atoms with Crippen molar-refractivity contribution in [2.45, 2.75) is 12.5 Å². The molecule has 1 fully saturated rings. The van der Waals surface area contributed by atoms with Crippen molar-refractivity contribution in [1.29, 1.82) is 0 Å². The molecule has 0 aliphatic carbocycles. The second-order valence-electron chi connectivity index (χ2n) is 3.27. The van der Waals surface area contributed by atoms with Gasteiger partial charge in [-0.1, -0.05) is 0 Å². The van der Waals surface area contributed by atoms with Gasteiger partial charge in [0, 0.05) is 18.0 Å². The van der Waals surface area contributed by atoms with Crippen LogP contribution >= 0.6 is 11.8 Å². The largest absolute Gasteiger partial charge is 0.393 e. The van der Waals surface area contributed by atoms with E-state index in [0.717, 1.165) is 17.9 Å². The number of hydrogen-bond acceptors (Lipinski definition) is 4. The van der Waals surface area contributed by atoms with Crippen molar-refractivity contribution in [2.24, 2.45) is 0 Å².